The van der Waals surface area contributed by atoms with Gasteiger partial charge in [0.2, 0.25) is 0 Å². The average Bonchev–Trinajstić information content (AvgIpc) is 3.39. The van der Waals surface area contributed by atoms with E-state index in [1.165, 1.54) is 39.8 Å². The van der Waals surface area contributed by atoms with Crippen LogP contribution < -0.4 is 15.0 Å². The van der Waals surface area contributed by atoms with Crippen molar-refractivity contribution < 1.29 is 23.1 Å². The number of thioether (sulfide) groups is 1. The number of rotatable bonds is 4. The molecule has 5 rings (SSSR count). The number of anilines is 2. The number of benzene rings is 3. The zero-order chi connectivity index (χ0) is 24.7. The van der Waals surface area contributed by atoms with Crippen molar-refractivity contribution in [3.8, 4) is 5.75 Å². The van der Waals surface area contributed by atoms with Gasteiger partial charge in [0.25, 0.3) is 5.91 Å². The maximum atomic E-state index is 14.5. The number of nitrogens with one attached hydrogen (secondary N) is 1. The summed E-state index contributed by atoms with van der Waals surface area (Å²) in [7, 11) is 1.56. The molecule has 3 amide bonds. The van der Waals surface area contributed by atoms with E-state index >= 15 is 0 Å². The first kappa shape index (κ1) is 23.2. The minimum atomic E-state index is -1.32. The third kappa shape index (κ3) is 3.80. The number of amides is 3. The molecule has 0 bridgehead atoms. The highest BCUT2D eigenvalue weighted by Crippen LogP contribution is 2.54. The lowest BCUT2D eigenvalue weighted by atomic mass is 10.0. The van der Waals surface area contributed by atoms with Gasteiger partial charge in [-0.15, -0.1) is 11.8 Å². The third-order valence-electron chi connectivity index (χ3n) is 6.31. The predicted molar refractivity (Wildman–Crippen MR) is 132 cm³/mol. The van der Waals surface area contributed by atoms with E-state index in [0.29, 0.717) is 35.0 Å². The quantitative estimate of drug-likeness (QED) is 0.536. The Kier molecular flexibility index (Phi) is 5.88. The molecule has 0 aromatic heterocycles. The van der Waals surface area contributed by atoms with Crippen LogP contribution in [0, 0.1) is 18.6 Å². The Hall–Kier alpha value is -3.59. The van der Waals surface area contributed by atoms with E-state index in [9.17, 15) is 18.4 Å². The standard InChI is InChI=1S/C26H23F2N3O3S/c1-16-6-11-23-20(14-16)26(24(32)30(23)15-19-21(27)4-3-5-22(19)28)31(12-13-35-26)25(33)29-17-7-9-18(34-2)10-8-17/h3-11,14H,12-13,15H2,1-2H3,(H,29,33)/t26-/m0/s1. The molecule has 1 saturated heterocycles. The summed E-state index contributed by atoms with van der Waals surface area (Å²) in [5.41, 5.74) is 2.47. The molecule has 0 unspecified atom stereocenters. The van der Waals surface area contributed by atoms with Gasteiger partial charge in [-0.3, -0.25) is 9.69 Å². The summed E-state index contributed by atoms with van der Waals surface area (Å²) in [6.45, 7) is 1.97. The van der Waals surface area contributed by atoms with Crippen LogP contribution in [0.4, 0.5) is 25.0 Å². The van der Waals surface area contributed by atoms with Crippen LogP contribution in [0.1, 0.15) is 16.7 Å². The summed E-state index contributed by atoms with van der Waals surface area (Å²) in [6, 6.07) is 15.6. The first-order valence-electron chi connectivity index (χ1n) is 11.1. The first-order valence-corrected chi connectivity index (χ1v) is 12.1. The third-order valence-corrected chi connectivity index (χ3v) is 7.73. The predicted octanol–water partition coefficient (Wildman–Crippen LogP) is 5.26. The fourth-order valence-corrected chi connectivity index (χ4v) is 6.04. The lowest BCUT2D eigenvalue weighted by Crippen LogP contribution is -2.51. The Morgan fingerprint density at radius 1 is 1.11 bits per heavy atom. The van der Waals surface area contributed by atoms with Crippen molar-refractivity contribution in [2.24, 2.45) is 0 Å². The minimum Gasteiger partial charge on any atom is -0.497 e. The lowest BCUT2D eigenvalue weighted by molar-refractivity contribution is -0.123. The van der Waals surface area contributed by atoms with E-state index < -0.39 is 28.4 Å². The monoisotopic (exact) mass is 495 g/mol. The van der Waals surface area contributed by atoms with Gasteiger partial charge in [0.15, 0.2) is 4.87 Å². The Balaban J connectivity index is 1.52. The second-order valence-electron chi connectivity index (χ2n) is 8.41. The summed E-state index contributed by atoms with van der Waals surface area (Å²) in [6.07, 6.45) is 0. The Morgan fingerprint density at radius 3 is 2.51 bits per heavy atom. The number of urea groups is 1. The highest BCUT2D eigenvalue weighted by atomic mass is 32.2. The summed E-state index contributed by atoms with van der Waals surface area (Å²) in [5.74, 6) is -0.645. The van der Waals surface area contributed by atoms with Crippen LogP contribution in [0.2, 0.25) is 0 Å². The highest BCUT2D eigenvalue weighted by Gasteiger charge is 2.59. The van der Waals surface area contributed by atoms with Crippen molar-refractivity contribution in [3.05, 3.63) is 89.0 Å². The molecule has 3 aromatic carbocycles. The topological polar surface area (TPSA) is 61.9 Å². The molecule has 2 aliphatic rings. The smallest absolute Gasteiger partial charge is 0.323 e. The first-order chi connectivity index (χ1) is 16.8. The number of ether oxygens (including phenoxy) is 1. The molecule has 180 valence electrons. The number of nitrogens with zero attached hydrogens (tertiary/aromatic N) is 2. The SMILES string of the molecule is COc1ccc(NC(=O)N2CCS[C@@]23C(=O)N(Cc2c(F)cccc2F)c2ccc(C)cc23)cc1. The van der Waals surface area contributed by atoms with Gasteiger partial charge >= 0.3 is 6.03 Å². The maximum Gasteiger partial charge on any atom is 0.323 e. The van der Waals surface area contributed by atoms with Crippen LogP contribution in [0.25, 0.3) is 0 Å². The summed E-state index contributed by atoms with van der Waals surface area (Å²) in [5, 5.41) is 2.86. The number of carbonyl (C=O) groups excluding carboxylic acids is 2. The van der Waals surface area contributed by atoms with Crippen LogP contribution in [0.5, 0.6) is 5.75 Å². The van der Waals surface area contributed by atoms with Gasteiger partial charge in [-0.1, -0.05) is 23.8 Å². The number of hydrogen-bond acceptors (Lipinski definition) is 4. The molecule has 9 heteroatoms. The highest BCUT2D eigenvalue weighted by molar-refractivity contribution is 8.01. The molecule has 0 aliphatic carbocycles. The van der Waals surface area contributed by atoms with Crippen molar-refractivity contribution in [1.82, 2.24) is 4.90 Å². The fourth-order valence-electron chi connectivity index (χ4n) is 4.59. The maximum absolute atomic E-state index is 14.5. The molecule has 2 aliphatic heterocycles. The molecule has 1 atom stereocenters. The molecular formula is C26H23F2N3O3S. The molecule has 1 spiro atoms. The number of fused-ring (bicyclic) bond motifs is 2. The second kappa shape index (κ2) is 8.88. The zero-order valence-corrected chi connectivity index (χ0v) is 20.0. The minimum absolute atomic E-state index is 0.193. The summed E-state index contributed by atoms with van der Waals surface area (Å²) >= 11 is 1.35. The van der Waals surface area contributed by atoms with E-state index in [0.717, 1.165) is 5.56 Å². The number of methoxy groups -OCH3 is 1. The Labute approximate surface area is 205 Å². The van der Waals surface area contributed by atoms with Crippen molar-refractivity contribution in [3.63, 3.8) is 0 Å². The zero-order valence-electron chi connectivity index (χ0n) is 19.2. The van der Waals surface area contributed by atoms with E-state index in [2.05, 4.69) is 5.32 Å². The number of aryl methyl sites for hydroxylation is 1. The second-order valence-corrected chi connectivity index (χ2v) is 9.70. The Bertz CT molecular complexity index is 1300. The molecule has 0 saturated carbocycles. The van der Waals surface area contributed by atoms with Crippen LogP contribution in [0.15, 0.2) is 60.7 Å². The molecule has 2 heterocycles. The van der Waals surface area contributed by atoms with E-state index in [1.807, 2.05) is 19.1 Å². The molecule has 0 radical (unpaired) electrons. The Morgan fingerprint density at radius 2 is 1.83 bits per heavy atom. The molecular weight excluding hydrogens is 472 g/mol. The normalized spacial score (nSPS) is 18.8. The lowest BCUT2D eigenvalue weighted by Gasteiger charge is -2.33. The van der Waals surface area contributed by atoms with Crippen molar-refractivity contribution in [2.75, 3.05) is 29.6 Å². The van der Waals surface area contributed by atoms with Crippen LogP contribution in [-0.2, 0) is 16.2 Å². The van der Waals surface area contributed by atoms with E-state index in [4.69, 9.17) is 4.74 Å². The van der Waals surface area contributed by atoms with Crippen molar-refractivity contribution in [1.29, 1.82) is 0 Å². The van der Waals surface area contributed by atoms with Gasteiger partial charge < -0.3 is 15.0 Å². The molecule has 6 nitrogen and oxygen atoms in total. The van der Waals surface area contributed by atoms with Crippen LogP contribution >= 0.6 is 11.8 Å². The van der Waals surface area contributed by atoms with E-state index in [1.54, 1.807) is 37.4 Å². The summed E-state index contributed by atoms with van der Waals surface area (Å²) in [4.78, 5) is 29.0. The van der Waals surface area contributed by atoms with Crippen LogP contribution in [-0.4, -0.2) is 36.2 Å². The average molecular weight is 496 g/mol. The van der Waals surface area contributed by atoms with Gasteiger partial charge in [-0.25, -0.2) is 13.6 Å². The largest absolute Gasteiger partial charge is 0.497 e. The van der Waals surface area contributed by atoms with Gasteiger partial charge in [-0.2, -0.15) is 0 Å². The number of hydrogen-bond donors (Lipinski definition) is 1. The van der Waals surface area contributed by atoms with Gasteiger partial charge in [-0.05, 0) is 49.4 Å². The molecule has 3 aromatic rings. The molecule has 35 heavy (non-hydrogen) atoms. The van der Waals surface area contributed by atoms with Crippen molar-refractivity contribution >= 4 is 35.1 Å². The van der Waals surface area contributed by atoms with Crippen LogP contribution in [0.3, 0.4) is 0 Å². The molecule has 1 N–H and O–H groups in total. The van der Waals surface area contributed by atoms with Gasteiger partial charge in [0.1, 0.15) is 17.4 Å². The summed E-state index contributed by atoms with van der Waals surface area (Å²) < 4.78 is 34.1. The number of carbonyl (C=O) groups is 2. The molecule has 1 fully saturated rings. The van der Waals surface area contributed by atoms with E-state index in [-0.39, 0.29) is 12.1 Å². The fraction of sp³-hybridized carbons (Fsp3) is 0.231. The number of halogens is 2. The van der Waals surface area contributed by atoms with Gasteiger partial charge in [0.05, 0.1) is 19.3 Å². The van der Waals surface area contributed by atoms with Gasteiger partial charge in [0, 0.05) is 29.1 Å². The van der Waals surface area contributed by atoms with Crippen molar-refractivity contribution in [2.45, 2.75) is 18.3 Å².